The summed E-state index contributed by atoms with van der Waals surface area (Å²) in [5, 5.41) is 8.00. The van der Waals surface area contributed by atoms with E-state index in [-0.39, 0.29) is 18.3 Å². The van der Waals surface area contributed by atoms with Crippen molar-refractivity contribution in [3.05, 3.63) is 53.9 Å². The van der Waals surface area contributed by atoms with Gasteiger partial charge in [-0.2, -0.15) is 5.10 Å². The zero-order valence-corrected chi connectivity index (χ0v) is 17.2. The summed E-state index contributed by atoms with van der Waals surface area (Å²) in [5.74, 6) is 0.819. The van der Waals surface area contributed by atoms with Crippen LogP contribution in [0.4, 0.5) is 0 Å². The van der Waals surface area contributed by atoms with Gasteiger partial charge in [0, 0.05) is 25.8 Å². The number of piperidine rings is 2. The molecule has 1 aromatic heterocycles. The molecule has 5 nitrogen and oxygen atoms in total. The number of hydrogen-bond acceptors (Lipinski definition) is 3. The Morgan fingerprint density at radius 2 is 1.89 bits per heavy atom. The first-order valence-electron chi connectivity index (χ1n) is 10.4. The van der Waals surface area contributed by atoms with Gasteiger partial charge in [0.15, 0.2) is 0 Å². The lowest BCUT2D eigenvalue weighted by molar-refractivity contribution is 0.0679. The predicted octanol–water partition coefficient (Wildman–Crippen LogP) is 3.71. The van der Waals surface area contributed by atoms with Gasteiger partial charge in [0.1, 0.15) is 5.69 Å². The van der Waals surface area contributed by atoms with Gasteiger partial charge in [-0.3, -0.25) is 9.48 Å². The molecular weight excluding hydrogens is 372 g/mol. The minimum absolute atomic E-state index is 0. The van der Waals surface area contributed by atoms with Crippen molar-refractivity contribution >= 4 is 18.3 Å². The van der Waals surface area contributed by atoms with Crippen LogP contribution in [-0.4, -0.2) is 46.8 Å². The van der Waals surface area contributed by atoms with Crippen LogP contribution in [0.5, 0.6) is 0 Å². The number of nitrogens with zero attached hydrogens (tertiary/aromatic N) is 3. The number of benzene rings is 1. The maximum atomic E-state index is 12.8. The van der Waals surface area contributed by atoms with Crippen LogP contribution in [-0.2, 0) is 6.42 Å². The fourth-order valence-corrected chi connectivity index (χ4v) is 4.32. The number of aromatic nitrogens is 2. The summed E-state index contributed by atoms with van der Waals surface area (Å²) in [6.45, 7) is 3.75. The SMILES string of the molecule is Cl.O=C(c1ccn(C2CCCNC2)n1)N1CCC(CCc2ccccc2)CC1. The number of likely N-dealkylation sites (tertiary alicyclic amines) is 1. The average molecular weight is 403 g/mol. The maximum Gasteiger partial charge on any atom is 0.274 e. The van der Waals surface area contributed by atoms with Crippen LogP contribution < -0.4 is 5.32 Å². The number of carbonyl (C=O) groups excluding carboxylic acids is 1. The number of halogens is 1. The van der Waals surface area contributed by atoms with Gasteiger partial charge in [0.05, 0.1) is 6.04 Å². The van der Waals surface area contributed by atoms with E-state index in [2.05, 4.69) is 40.7 Å². The molecule has 1 N–H and O–H groups in total. The van der Waals surface area contributed by atoms with Crippen molar-refractivity contribution in [2.24, 2.45) is 5.92 Å². The van der Waals surface area contributed by atoms with E-state index in [0.717, 1.165) is 57.8 Å². The molecule has 1 amide bonds. The Labute approximate surface area is 173 Å². The third kappa shape index (κ3) is 5.15. The lowest BCUT2D eigenvalue weighted by atomic mass is 9.90. The number of aryl methyl sites for hydroxylation is 1. The van der Waals surface area contributed by atoms with Gasteiger partial charge in [0.2, 0.25) is 0 Å². The van der Waals surface area contributed by atoms with Crippen LogP contribution in [0.1, 0.15) is 54.2 Å². The van der Waals surface area contributed by atoms with Crippen molar-refractivity contribution in [3.8, 4) is 0 Å². The summed E-state index contributed by atoms with van der Waals surface area (Å²) < 4.78 is 1.98. The first-order valence-corrected chi connectivity index (χ1v) is 10.4. The third-order valence-corrected chi connectivity index (χ3v) is 6.06. The van der Waals surface area contributed by atoms with E-state index in [1.807, 2.05) is 21.8 Å². The summed E-state index contributed by atoms with van der Waals surface area (Å²) in [5.41, 5.74) is 2.02. The molecule has 1 atom stereocenters. The first kappa shape index (κ1) is 20.9. The lowest BCUT2D eigenvalue weighted by Gasteiger charge is -2.31. The van der Waals surface area contributed by atoms with Gasteiger partial charge in [-0.05, 0) is 62.6 Å². The summed E-state index contributed by atoms with van der Waals surface area (Å²) in [4.78, 5) is 14.8. The highest BCUT2D eigenvalue weighted by Crippen LogP contribution is 2.24. The second-order valence-corrected chi connectivity index (χ2v) is 7.94. The minimum Gasteiger partial charge on any atom is -0.337 e. The topological polar surface area (TPSA) is 50.2 Å². The van der Waals surface area contributed by atoms with Crippen molar-refractivity contribution in [3.63, 3.8) is 0 Å². The molecule has 0 aliphatic carbocycles. The maximum absolute atomic E-state index is 12.8. The standard InChI is InChI=1S/C22H30N4O.ClH/c27-22(21-12-16-26(24-21)20-7-4-13-23-17-20)25-14-10-19(11-15-25)9-8-18-5-2-1-3-6-18;/h1-3,5-6,12,16,19-20,23H,4,7-11,13-15,17H2;1H. The van der Waals surface area contributed by atoms with Gasteiger partial charge in [-0.15, -0.1) is 12.4 Å². The van der Waals surface area contributed by atoms with E-state index in [4.69, 9.17) is 0 Å². The van der Waals surface area contributed by atoms with Crippen molar-refractivity contribution in [1.29, 1.82) is 0 Å². The number of amides is 1. The Morgan fingerprint density at radius 1 is 1.11 bits per heavy atom. The van der Waals surface area contributed by atoms with E-state index in [1.165, 1.54) is 18.4 Å². The van der Waals surface area contributed by atoms with Crippen LogP contribution in [0.25, 0.3) is 0 Å². The second kappa shape index (κ2) is 10.1. The van der Waals surface area contributed by atoms with Gasteiger partial charge in [0.25, 0.3) is 5.91 Å². The van der Waals surface area contributed by atoms with E-state index >= 15 is 0 Å². The first-order chi connectivity index (χ1) is 13.3. The molecule has 152 valence electrons. The van der Waals surface area contributed by atoms with Crippen LogP contribution in [0.15, 0.2) is 42.6 Å². The van der Waals surface area contributed by atoms with Crippen LogP contribution in [0, 0.1) is 5.92 Å². The molecule has 3 heterocycles. The van der Waals surface area contributed by atoms with Crippen molar-refractivity contribution in [2.75, 3.05) is 26.2 Å². The van der Waals surface area contributed by atoms with Gasteiger partial charge < -0.3 is 10.2 Å². The molecule has 1 aromatic carbocycles. The Balaban J connectivity index is 0.00000225. The molecule has 1 unspecified atom stereocenters. The van der Waals surface area contributed by atoms with Crippen LogP contribution >= 0.6 is 12.4 Å². The van der Waals surface area contributed by atoms with Gasteiger partial charge in [-0.25, -0.2) is 0 Å². The molecule has 0 radical (unpaired) electrons. The molecule has 0 bridgehead atoms. The van der Waals surface area contributed by atoms with Crippen molar-refractivity contribution in [1.82, 2.24) is 20.0 Å². The number of hydrogen-bond donors (Lipinski definition) is 1. The Kier molecular flexibility index (Phi) is 7.51. The van der Waals surface area contributed by atoms with E-state index in [0.29, 0.717) is 11.7 Å². The predicted molar refractivity (Wildman–Crippen MR) is 114 cm³/mol. The lowest BCUT2D eigenvalue weighted by Crippen LogP contribution is -2.39. The fourth-order valence-electron chi connectivity index (χ4n) is 4.32. The summed E-state index contributed by atoms with van der Waals surface area (Å²) in [7, 11) is 0. The fraction of sp³-hybridized carbons (Fsp3) is 0.545. The Morgan fingerprint density at radius 3 is 2.61 bits per heavy atom. The van der Waals surface area contributed by atoms with E-state index in [9.17, 15) is 4.79 Å². The normalized spacial score (nSPS) is 20.6. The monoisotopic (exact) mass is 402 g/mol. The van der Waals surface area contributed by atoms with E-state index < -0.39 is 0 Å². The number of rotatable bonds is 5. The highest BCUT2D eigenvalue weighted by molar-refractivity contribution is 5.92. The molecule has 0 saturated carbocycles. The van der Waals surface area contributed by atoms with Crippen molar-refractivity contribution < 1.29 is 4.79 Å². The highest BCUT2D eigenvalue weighted by atomic mass is 35.5. The summed E-state index contributed by atoms with van der Waals surface area (Å²) in [6, 6.07) is 13.0. The zero-order valence-electron chi connectivity index (χ0n) is 16.4. The molecule has 2 aliphatic heterocycles. The summed E-state index contributed by atoms with van der Waals surface area (Å²) >= 11 is 0. The molecule has 2 aliphatic rings. The molecule has 2 fully saturated rings. The third-order valence-electron chi connectivity index (χ3n) is 6.06. The van der Waals surface area contributed by atoms with E-state index in [1.54, 1.807) is 0 Å². The second-order valence-electron chi connectivity index (χ2n) is 7.94. The Bertz CT molecular complexity index is 734. The smallest absolute Gasteiger partial charge is 0.274 e. The van der Waals surface area contributed by atoms with Gasteiger partial charge in [-0.1, -0.05) is 30.3 Å². The average Bonchev–Trinajstić information content (AvgIpc) is 3.24. The highest BCUT2D eigenvalue weighted by Gasteiger charge is 2.25. The Hall–Kier alpha value is -1.85. The largest absolute Gasteiger partial charge is 0.337 e. The molecule has 28 heavy (non-hydrogen) atoms. The zero-order chi connectivity index (χ0) is 18.5. The molecule has 6 heteroatoms. The van der Waals surface area contributed by atoms with Gasteiger partial charge >= 0.3 is 0 Å². The number of nitrogens with one attached hydrogen (secondary N) is 1. The van der Waals surface area contributed by atoms with Crippen molar-refractivity contribution in [2.45, 2.75) is 44.6 Å². The molecule has 2 saturated heterocycles. The molecular formula is C22H31ClN4O. The molecule has 2 aromatic rings. The van der Waals surface area contributed by atoms with Crippen LogP contribution in [0.2, 0.25) is 0 Å². The minimum atomic E-state index is 0. The quantitative estimate of drug-likeness (QED) is 0.829. The number of carbonyl (C=O) groups is 1. The summed E-state index contributed by atoms with van der Waals surface area (Å²) in [6.07, 6.45) is 8.84. The molecule has 4 rings (SSSR count). The molecule has 0 spiro atoms. The van der Waals surface area contributed by atoms with Crippen LogP contribution in [0.3, 0.4) is 0 Å².